The van der Waals surface area contributed by atoms with E-state index in [1.54, 1.807) is 0 Å². The second-order valence-corrected chi connectivity index (χ2v) is 5.18. The van der Waals surface area contributed by atoms with Gasteiger partial charge in [0.2, 0.25) is 0 Å². The van der Waals surface area contributed by atoms with Gasteiger partial charge in [0.1, 0.15) is 5.54 Å². The van der Waals surface area contributed by atoms with E-state index in [0.29, 0.717) is 19.0 Å². The minimum absolute atomic E-state index is 0.354. The zero-order valence-corrected chi connectivity index (χ0v) is 9.49. The number of carboxylic acids is 1. The smallest absolute Gasteiger partial charge is 0.325 e. The Morgan fingerprint density at radius 1 is 1.60 bits per heavy atom. The summed E-state index contributed by atoms with van der Waals surface area (Å²) >= 11 is 0. The van der Waals surface area contributed by atoms with Crippen molar-refractivity contribution >= 4 is 5.97 Å². The lowest BCUT2D eigenvalue weighted by molar-refractivity contribution is -0.144. The van der Waals surface area contributed by atoms with Gasteiger partial charge in [-0.3, -0.25) is 4.79 Å². The van der Waals surface area contributed by atoms with E-state index in [-0.39, 0.29) is 0 Å². The first-order chi connectivity index (χ1) is 7.03. The molecule has 0 bridgehead atoms. The van der Waals surface area contributed by atoms with E-state index in [1.807, 2.05) is 7.05 Å². The highest BCUT2D eigenvalue weighted by Crippen LogP contribution is 2.31. The van der Waals surface area contributed by atoms with Gasteiger partial charge in [-0.1, -0.05) is 0 Å². The van der Waals surface area contributed by atoms with Gasteiger partial charge < -0.3 is 15.3 Å². The molecule has 0 spiro atoms. The Balaban J connectivity index is 2.00. The Hall–Kier alpha value is -0.610. The second kappa shape index (κ2) is 3.76. The molecule has 2 N–H and O–H groups in total. The molecular weight excluding hydrogens is 192 g/mol. The first-order valence-corrected chi connectivity index (χ1v) is 5.72. The van der Waals surface area contributed by atoms with E-state index in [0.717, 1.165) is 12.5 Å². The number of hydrogen-bond donors (Lipinski definition) is 2. The van der Waals surface area contributed by atoms with Crippen LogP contribution in [-0.4, -0.2) is 47.7 Å². The van der Waals surface area contributed by atoms with Gasteiger partial charge in [-0.2, -0.15) is 0 Å². The monoisotopic (exact) mass is 212 g/mol. The van der Waals surface area contributed by atoms with Crippen LogP contribution in [0.2, 0.25) is 0 Å². The summed E-state index contributed by atoms with van der Waals surface area (Å²) in [5.74, 6) is 0.0294. The number of aliphatic carboxylic acids is 1. The lowest BCUT2D eigenvalue weighted by atomic mass is 9.96. The summed E-state index contributed by atoms with van der Waals surface area (Å²) in [5.41, 5.74) is -0.698. The first-order valence-electron chi connectivity index (χ1n) is 5.72. The summed E-state index contributed by atoms with van der Waals surface area (Å²) in [5, 5.41) is 12.6. The van der Waals surface area contributed by atoms with Crippen LogP contribution in [0.15, 0.2) is 0 Å². The van der Waals surface area contributed by atoms with Gasteiger partial charge in [-0.15, -0.1) is 0 Å². The molecule has 2 atom stereocenters. The zero-order valence-electron chi connectivity index (χ0n) is 9.49. The fourth-order valence-corrected chi connectivity index (χ4v) is 2.33. The van der Waals surface area contributed by atoms with E-state index in [1.165, 1.54) is 12.8 Å². The number of likely N-dealkylation sites (tertiary alicyclic amines) is 1. The van der Waals surface area contributed by atoms with Crippen LogP contribution in [0.3, 0.4) is 0 Å². The summed E-state index contributed by atoms with van der Waals surface area (Å²) in [7, 11) is 1.99. The molecule has 2 unspecified atom stereocenters. The van der Waals surface area contributed by atoms with E-state index < -0.39 is 11.5 Å². The van der Waals surface area contributed by atoms with Gasteiger partial charge in [0, 0.05) is 12.6 Å². The highest BCUT2D eigenvalue weighted by atomic mass is 16.4. The molecule has 1 aliphatic carbocycles. The highest BCUT2D eigenvalue weighted by Gasteiger charge is 2.47. The molecule has 4 heteroatoms. The lowest BCUT2D eigenvalue weighted by Gasteiger charge is -2.25. The van der Waals surface area contributed by atoms with E-state index in [2.05, 4.69) is 17.1 Å². The minimum atomic E-state index is -0.698. The maximum atomic E-state index is 11.4. The first kappa shape index (κ1) is 10.9. The maximum Gasteiger partial charge on any atom is 0.325 e. The van der Waals surface area contributed by atoms with Crippen molar-refractivity contribution in [3.63, 3.8) is 0 Å². The Morgan fingerprint density at radius 2 is 2.27 bits per heavy atom. The average Bonchev–Trinajstić information content (AvgIpc) is 2.92. The molecule has 1 heterocycles. The fraction of sp³-hybridized carbons (Fsp3) is 0.909. The molecule has 86 valence electrons. The van der Waals surface area contributed by atoms with Crippen LogP contribution in [0.4, 0.5) is 0 Å². The van der Waals surface area contributed by atoms with Crippen LogP contribution < -0.4 is 5.32 Å². The summed E-state index contributed by atoms with van der Waals surface area (Å²) in [6.45, 7) is 3.58. The second-order valence-electron chi connectivity index (χ2n) is 5.18. The van der Waals surface area contributed by atoms with E-state index in [4.69, 9.17) is 0 Å². The SMILES string of the molecule is CC1CC(NCC2CC2)(C(=O)O)CN1C. The van der Waals surface area contributed by atoms with Crippen LogP contribution in [0.25, 0.3) is 0 Å². The number of nitrogens with one attached hydrogen (secondary N) is 1. The van der Waals surface area contributed by atoms with Crippen molar-refractivity contribution in [2.75, 3.05) is 20.1 Å². The topological polar surface area (TPSA) is 52.6 Å². The van der Waals surface area contributed by atoms with Gasteiger partial charge in [0.25, 0.3) is 0 Å². The van der Waals surface area contributed by atoms with Crippen LogP contribution in [0.5, 0.6) is 0 Å². The Labute approximate surface area is 90.6 Å². The third-order valence-electron chi connectivity index (χ3n) is 3.75. The molecule has 1 saturated carbocycles. The third-order valence-corrected chi connectivity index (χ3v) is 3.75. The molecule has 0 amide bonds. The number of carbonyl (C=O) groups is 1. The highest BCUT2D eigenvalue weighted by molar-refractivity contribution is 5.79. The molecule has 4 nitrogen and oxygen atoms in total. The predicted molar refractivity (Wildman–Crippen MR) is 57.8 cm³/mol. The Kier molecular flexibility index (Phi) is 2.73. The van der Waals surface area contributed by atoms with Crippen molar-refractivity contribution in [2.24, 2.45) is 5.92 Å². The molecule has 1 aliphatic heterocycles. The molecule has 2 rings (SSSR count). The van der Waals surface area contributed by atoms with Gasteiger partial charge >= 0.3 is 5.97 Å². The Bertz CT molecular complexity index is 253. The van der Waals surface area contributed by atoms with Gasteiger partial charge in [-0.25, -0.2) is 0 Å². The van der Waals surface area contributed by atoms with E-state index >= 15 is 0 Å². The summed E-state index contributed by atoms with van der Waals surface area (Å²) < 4.78 is 0. The normalized spacial score (nSPS) is 37.1. The molecule has 0 aromatic heterocycles. The standard InChI is InChI=1S/C11H20N2O2/c1-8-5-11(10(14)15,7-13(8)2)12-6-9-3-4-9/h8-9,12H,3-7H2,1-2H3,(H,14,15). The molecule has 1 saturated heterocycles. The molecule has 15 heavy (non-hydrogen) atoms. The number of carboxylic acid groups (broad SMARTS) is 1. The fourth-order valence-electron chi connectivity index (χ4n) is 2.33. The number of nitrogens with zero attached hydrogens (tertiary/aromatic N) is 1. The molecule has 2 fully saturated rings. The molecule has 0 aromatic carbocycles. The average molecular weight is 212 g/mol. The minimum Gasteiger partial charge on any atom is -0.480 e. The van der Waals surface area contributed by atoms with Crippen molar-refractivity contribution in [3.8, 4) is 0 Å². The zero-order chi connectivity index (χ0) is 11.1. The molecule has 2 aliphatic rings. The van der Waals surface area contributed by atoms with Gasteiger partial charge in [0.15, 0.2) is 0 Å². The summed E-state index contributed by atoms with van der Waals surface area (Å²) in [4.78, 5) is 13.5. The van der Waals surface area contributed by atoms with Crippen molar-refractivity contribution in [3.05, 3.63) is 0 Å². The lowest BCUT2D eigenvalue weighted by Crippen LogP contribution is -2.54. The van der Waals surface area contributed by atoms with Crippen molar-refractivity contribution < 1.29 is 9.90 Å². The molecule has 0 aromatic rings. The third kappa shape index (κ3) is 2.16. The van der Waals surface area contributed by atoms with Crippen molar-refractivity contribution in [2.45, 2.75) is 37.8 Å². The van der Waals surface area contributed by atoms with E-state index in [9.17, 15) is 9.90 Å². The summed E-state index contributed by atoms with van der Waals surface area (Å²) in [6.07, 6.45) is 3.23. The molecule has 0 radical (unpaired) electrons. The quantitative estimate of drug-likeness (QED) is 0.714. The predicted octanol–water partition coefficient (Wildman–Crippen LogP) is 0.533. The van der Waals surface area contributed by atoms with Crippen LogP contribution in [-0.2, 0) is 4.79 Å². The maximum absolute atomic E-state index is 11.4. The van der Waals surface area contributed by atoms with Crippen molar-refractivity contribution in [1.82, 2.24) is 10.2 Å². The summed E-state index contributed by atoms with van der Waals surface area (Å²) in [6, 6.07) is 0.354. The van der Waals surface area contributed by atoms with Gasteiger partial charge in [0.05, 0.1) is 0 Å². The molecular formula is C11H20N2O2. The largest absolute Gasteiger partial charge is 0.480 e. The number of likely N-dealkylation sites (N-methyl/N-ethyl adjacent to an activating group) is 1. The van der Waals surface area contributed by atoms with Crippen molar-refractivity contribution in [1.29, 1.82) is 0 Å². The number of rotatable bonds is 4. The van der Waals surface area contributed by atoms with Crippen LogP contribution in [0.1, 0.15) is 26.2 Å². The Morgan fingerprint density at radius 3 is 2.67 bits per heavy atom. The van der Waals surface area contributed by atoms with Crippen LogP contribution in [0, 0.1) is 5.92 Å². The van der Waals surface area contributed by atoms with Gasteiger partial charge in [-0.05, 0) is 45.7 Å². The van der Waals surface area contributed by atoms with Crippen LogP contribution >= 0.6 is 0 Å². The number of hydrogen-bond acceptors (Lipinski definition) is 3.